The van der Waals surface area contributed by atoms with Crippen molar-refractivity contribution in [2.75, 3.05) is 6.61 Å². The standard InChI is InChI=1S/C16H29N5O8/c1-6(2)11(14(26)19-9(16(28)29)4-10(18)24)20-15(27)12(7(3)23)21-13(25)8(17)5-22/h6-9,11-12,22-23H,4-5,17H2,1-3H3,(H2,18,24)(H,19,26)(H,20,27)(H,21,25)(H,28,29). The van der Waals surface area contributed by atoms with Crippen molar-refractivity contribution in [3.63, 3.8) is 0 Å². The number of rotatable bonds is 12. The fraction of sp³-hybridized carbons (Fsp3) is 0.688. The summed E-state index contributed by atoms with van der Waals surface area (Å²) >= 11 is 0. The molecule has 0 aliphatic heterocycles. The molecule has 0 heterocycles. The molecule has 13 nitrogen and oxygen atoms in total. The lowest BCUT2D eigenvalue weighted by molar-refractivity contribution is -0.144. The molecule has 0 saturated heterocycles. The van der Waals surface area contributed by atoms with E-state index in [1.807, 2.05) is 0 Å². The molecule has 0 aliphatic rings. The van der Waals surface area contributed by atoms with Crippen LogP contribution in [0.15, 0.2) is 0 Å². The average Bonchev–Trinajstić information content (AvgIpc) is 2.61. The lowest BCUT2D eigenvalue weighted by atomic mass is 10.0. The first kappa shape index (κ1) is 26.2. The number of nitrogens with one attached hydrogen (secondary N) is 3. The Labute approximate surface area is 167 Å². The molecule has 10 N–H and O–H groups in total. The summed E-state index contributed by atoms with van der Waals surface area (Å²) in [6.45, 7) is 3.65. The third kappa shape index (κ3) is 8.85. The van der Waals surface area contributed by atoms with Crippen molar-refractivity contribution in [1.29, 1.82) is 0 Å². The van der Waals surface area contributed by atoms with Crippen molar-refractivity contribution in [2.24, 2.45) is 17.4 Å². The van der Waals surface area contributed by atoms with E-state index in [0.717, 1.165) is 0 Å². The molecule has 166 valence electrons. The van der Waals surface area contributed by atoms with Crippen molar-refractivity contribution < 1.29 is 39.3 Å². The van der Waals surface area contributed by atoms with E-state index in [9.17, 15) is 29.1 Å². The maximum atomic E-state index is 12.5. The van der Waals surface area contributed by atoms with E-state index in [-0.39, 0.29) is 0 Å². The Hall–Kier alpha value is -2.77. The Bertz CT molecular complexity index is 624. The van der Waals surface area contributed by atoms with Gasteiger partial charge in [0.15, 0.2) is 0 Å². The molecule has 5 atom stereocenters. The molecule has 5 unspecified atom stereocenters. The molecule has 0 saturated carbocycles. The first-order chi connectivity index (χ1) is 13.3. The Kier molecular flexibility index (Phi) is 10.8. The van der Waals surface area contributed by atoms with Crippen LogP contribution in [0.2, 0.25) is 0 Å². The highest BCUT2D eigenvalue weighted by atomic mass is 16.4. The number of carbonyl (C=O) groups is 5. The van der Waals surface area contributed by atoms with Gasteiger partial charge < -0.3 is 42.7 Å². The highest BCUT2D eigenvalue weighted by molar-refractivity contribution is 5.95. The van der Waals surface area contributed by atoms with Gasteiger partial charge in [-0.25, -0.2) is 4.79 Å². The molecule has 0 aliphatic carbocycles. The van der Waals surface area contributed by atoms with Crippen LogP contribution in [0, 0.1) is 5.92 Å². The van der Waals surface area contributed by atoms with Crippen LogP contribution >= 0.6 is 0 Å². The van der Waals surface area contributed by atoms with Crippen LogP contribution < -0.4 is 27.4 Å². The third-order valence-electron chi connectivity index (χ3n) is 3.86. The van der Waals surface area contributed by atoms with Gasteiger partial charge in [-0.1, -0.05) is 13.8 Å². The molecule has 0 aromatic rings. The van der Waals surface area contributed by atoms with E-state index < -0.39 is 78.8 Å². The van der Waals surface area contributed by atoms with Crippen molar-refractivity contribution in [1.82, 2.24) is 16.0 Å². The molecule has 0 fully saturated rings. The van der Waals surface area contributed by atoms with Gasteiger partial charge in [-0.05, 0) is 12.8 Å². The van der Waals surface area contributed by atoms with Gasteiger partial charge in [0.1, 0.15) is 24.2 Å². The number of amides is 4. The van der Waals surface area contributed by atoms with Gasteiger partial charge >= 0.3 is 5.97 Å². The van der Waals surface area contributed by atoms with E-state index in [0.29, 0.717) is 0 Å². The summed E-state index contributed by atoms with van der Waals surface area (Å²) < 4.78 is 0. The first-order valence-corrected chi connectivity index (χ1v) is 8.78. The Morgan fingerprint density at radius 2 is 1.38 bits per heavy atom. The number of nitrogens with two attached hydrogens (primary N) is 2. The van der Waals surface area contributed by atoms with Gasteiger partial charge in [0, 0.05) is 0 Å². The predicted molar refractivity (Wildman–Crippen MR) is 98.8 cm³/mol. The van der Waals surface area contributed by atoms with Gasteiger partial charge in [-0.15, -0.1) is 0 Å². The molecule has 13 heteroatoms. The molecule has 0 spiro atoms. The second-order valence-corrected chi connectivity index (χ2v) is 6.82. The minimum absolute atomic E-state index is 0.521. The summed E-state index contributed by atoms with van der Waals surface area (Å²) in [7, 11) is 0. The van der Waals surface area contributed by atoms with Crippen molar-refractivity contribution in [3.8, 4) is 0 Å². The van der Waals surface area contributed by atoms with Gasteiger partial charge in [-0.2, -0.15) is 0 Å². The zero-order valence-electron chi connectivity index (χ0n) is 16.4. The quantitative estimate of drug-likeness (QED) is 0.153. The number of aliphatic hydroxyl groups excluding tert-OH is 2. The summed E-state index contributed by atoms with van der Waals surface area (Å²) in [5, 5.41) is 34.4. The van der Waals surface area contributed by atoms with Crippen LogP contribution in [-0.4, -0.2) is 81.8 Å². The Morgan fingerprint density at radius 3 is 1.76 bits per heavy atom. The number of aliphatic carboxylic acids is 1. The van der Waals surface area contributed by atoms with Gasteiger partial charge in [0.2, 0.25) is 23.6 Å². The normalized spacial score (nSPS) is 16.1. The molecule has 4 amide bonds. The average molecular weight is 419 g/mol. The largest absolute Gasteiger partial charge is 0.480 e. The fourth-order valence-electron chi connectivity index (χ4n) is 2.19. The van der Waals surface area contributed by atoms with Crippen LogP contribution in [0.25, 0.3) is 0 Å². The summed E-state index contributed by atoms with van der Waals surface area (Å²) in [6.07, 6.45) is -2.02. The van der Waals surface area contributed by atoms with Crippen LogP contribution in [-0.2, 0) is 24.0 Å². The minimum atomic E-state index is -1.59. The van der Waals surface area contributed by atoms with Crippen molar-refractivity contribution >= 4 is 29.6 Å². The molecule has 0 bridgehead atoms. The number of carboxylic acids is 1. The zero-order chi connectivity index (χ0) is 22.9. The van der Waals surface area contributed by atoms with E-state index >= 15 is 0 Å². The Balaban J connectivity index is 5.34. The molecule has 0 radical (unpaired) electrons. The summed E-state index contributed by atoms with van der Waals surface area (Å²) in [5.41, 5.74) is 10.3. The van der Waals surface area contributed by atoms with Gasteiger partial charge in [-0.3, -0.25) is 19.2 Å². The second-order valence-electron chi connectivity index (χ2n) is 6.82. The minimum Gasteiger partial charge on any atom is -0.480 e. The van der Waals surface area contributed by atoms with E-state index in [1.54, 1.807) is 13.8 Å². The Morgan fingerprint density at radius 1 is 0.897 bits per heavy atom. The molecule has 29 heavy (non-hydrogen) atoms. The maximum Gasteiger partial charge on any atom is 0.326 e. The van der Waals surface area contributed by atoms with E-state index in [4.69, 9.17) is 21.7 Å². The predicted octanol–water partition coefficient (Wildman–Crippen LogP) is -4.24. The SMILES string of the molecule is CC(C)C(NC(=O)C(NC(=O)C(N)CO)C(C)O)C(=O)NC(CC(N)=O)C(=O)O. The van der Waals surface area contributed by atoms with Gasteiger partial charge in [0.05, 0.1) is 19.1 Å². The van der Waals surface area contributed by atoms with E-state index in [1.165, 1.54) is 6.92 Å². The van der Waals surface area contributed by atoms with E-state index in [2.05, 4.69) is 16.0 Å². The number of hydrogen-bond acceptors (Lipinski definition) is 8. The van der Waals surface area contributed by atoms with Crippen molar-refractivity contribution in [2.45, 2.75) is 57.5 Å². The number of carbonyl (C=O) groups excluding carboxylic acids is 4. The van der Waals surface area contributed by atoms with Crippen molar-refractivity contribution in [3.05, 3.63) is 0 Å². The molecule has 0 aromatic heterocycles. The summed E-state index contributed by atoms with van der Waals surface area (Å²) in [4.78, 5) is 58.9. The first-order valence-electron chi connectivity index (χ1n) is 8.78. The highest BCUT2D eigenvalue weighted by Crippen LogP contribution is 2.06. The monoisotopic (exact) mass is 419 g/mol. The number of primary amides is 1. The lowest BCUT2D eigenvalue weighted by Gasteiger charge is -2.27. The topological polar surface area (TPSA) is 234 Å². The lowest BCUT2D eigenvalue weighted by Crippen LogP contribution is -2.61. The van der Waals surface area contributed by atoms with Crippen LogP contribution in [0.3, 0.4) is 0 Å². The fourth-order valence-corrected chi connectivity index (χ4v) is 2.19. The summed E-state index contributed by atoms with van der Waals surface area (Å²) in [5.74, 6) is -5.68. The van der Waals surface area contributed by atoms with Crippen LogP contribution in [0.5, 0.6) is 0 Å². The number of hydrogen-bond donors (Lipinski definition) is 8. The summed E-state index contributed by atoms with van der Waals surface area (Å²) in [6, 6.07) is -5.65. The maximum absolute atomic E-state index is 12.5. The molecule has 0 aromatic carbocycles. The van der Waals surface area contributed by atoms with Crippen LogP contribution in [0.1, 0.15) is 27.2 Å². The molecule has 0 rings (SSSR count). The molecular formula is C16H29N5O8. The highest BCUT2D eigenvalue weighted by Gasteiger charge is 2.33. The second kappa shape index (κ2) is 11.9. The van der Waals surface area contributed by atoms with Crippen LogP contribution in [0.4, 0.5) is 0 Å². The smallest absolute Gasteiger partial charge is 0.326 e. The number of carboxylic acid groups (broad SMARTS) is 1. The zero-order valence-corrected chi connectivity index (χ0v) is 16.4. The number of aliphatic hydroxyl groups is 2. The van der Waals surface area contributed by atoms with Gasteiger partial charge in [0.25, 0.3) is 0 Å². The third-order valence-corrected chi connectivity index (χ3v) is 3.86. The molecular weight excluding hydrogens is 390 g/mol.